The van der Waals surface area contributed by atoms with Crippen molar-refractivity contribution >= 4 is 11.9 Å². The fourth-order valence-electron chi connectivity index (χ4n) is 3.75. The maximum atomic E-state index is 14.5. The van der Waals surface area contributed by atoms with E-state index in [1.807, 2.05) is 53.4 Å². The Labute approximate surface area is 166 Å². The van der Waals surface area contributed by atoms with Gasteiger partial charge >= 0.3 is 0 Å². The second-order valence-corrected chi connectivity index (χ2v) is 6.90. The highest BCUT2D eigenvalue weighted by atomic mass is 19.1. The van der Waals surface area contributed by atoms with E-state index in [0.29, 0.717) is 18.3 Å². The lowest BCUT2D eigenvalue weighted by Gasteiger charge is -2.34. The zero-order valence-electron chi connectivity index (χ0n) is 15.4. The molecule has 0 spiro atoms. The molecule has 1 aromatic heterocycles. The van der Waals surface area contributed by atoms with Crippen molar-refractivity contribution in [2.75, 3.05) is 6.54 Å². The predicted molar refractivity (Wildman–Crippen MR) is 106 cm³/mol. The standard InChI is InChI=1S/C23H17F2N3O/c24-16-8-9-19(20(25)12-16)23-27-13-21-18-7-2-1-5-15(18)11-22(28(21)23)29-14-17-6-3-4-10-26-17/h1-12,21H,13-14H2. The van der Waals surface area contributed by atoms with Crippen LogP contribution in [0.15, 0.2) is 77.7 Å². The van der Waals surface area contributed by atoms with Crippen LogP contribution in [0.4, 0.5) is 8.78 Å². The van der Waals surface area contributed by atoms with Crippen LogP contribution in [-0.4, -0.2) is 22.3 Å². The van der Waals surface area contributed by atoms with Gasteiger partial charge in [-0.15, -0.1) is 0 Å². The van der Waals surface area contributed by atoms with Crippen LogP contribution in [0.5, 0.6) is 0 Å². The number of nitrogens with zero attached hydrogens (tertiary/aromatic N) is 3. The fourth-order valence-corrected chi connectivity index (χ4v) is 3.75. The molecule has 0 N–H and O–H groups in total. The average molecular weight is 389 g/mol. The van der Waals surface area contributed by atoms with Gasteiger partial charge in [0.15, 0.2) is 5.88 Å². The molecule has 1 unspecified atom stereocenters. The SMILES string of the molecule is Fc1ccc(C2=NCC3c4ccccc4C=C(OCc4ccccn4)N23)c(F)c1. The quantitative estimate of drug-likeness (QED) is 0.650. The van der Waals surface area contributed by atoms with Crippen LogP contribution in [0.1, 0.15) is 28.4 Å². The van der Waals surface area contributed by atoms with Crippen molar-refractivity contribution < 1.29 is 13.5 Å². The highest BCUT2D eigenvalue weighted by Gasteiger charge is 2.38. The number of hydrogen-bond donors (Lipinski definition) is 0. The molecule has 5 rings (SSSR count). The van der Waals surface area contributed by atoms with Crippen molar-refractivity contribution in [2.45, 2.75) is 12.6 Å². The van der Waals surface area contributed by atoms with Crippen LogP contribution in [0.25, 0.3) is 6.08 Å². The fraction of sp³-hybridized carbons (Fsp3) is 0.130. The summed E-state index contributed by atoms with van der Waals surface area (Å²) in [6, 6.07) is 17.1. The largest absolute Gasteiger partial charge is 0.472 e. The summed E-state index contributed by atoms with van der Waals surface area (Å²) in [6.45, 7) is 0.741. The molecule has 0 saturated carbocycles. The number of amidine groups is 1. The monoisotopic (exact) mass is 389 g/mol. The van der Waals surface area contributed by atoms with E-state index in [4.69, 9.17) is 4.74 Å². The van der Waals surface area contributed by atoms with Gasteiger partial charge in [-0.1, -0.05) is 30.3 Å². The first-order chi connectivity index (χ1) is 14.2. The van der Waals surface area contributed by atoms with Gasteiger partial charge < -0.3 is 4.74 Å². The Bertz CT molecular complexity index is 1130. The van der Waals surface area contributed by atoms with Crippen LogP contribution >= 0.6 is 0 Å². The molecule has 2 aliphatic heterocycles. The third kappa shape index (κ3) is 3.16. The van der Waals surface area contributed by atoms with Crippen molar-refractivity contribution in [1.29, 1.82) is 0 Å². The number of rotatable bonds is 4. The molecule has 0 fully saturated rings. The number of aliphatic imine (C=N–C) groups is 1. The van der Waals surface area contributed by atoms with Gasteiger partial charge in [-0.3, -0.25) is 14.9 Å². The van der Waals surface area contributed by atoms with E-state index < -0.39 is 11.6 Å². The number of aromatic nitrogens is 1. The van der Waals surface area contributed by atoms with Crippen molar-refractivity contribution in [3.63, 3.8) is 0 Å². The lowest BCUT2D eigenvalue weighted by molar-refractivity contribution is 0.123. The molecule has 2 aromatic carbocycles. The lowest BCUT2D eigenvalue weighted by atomic mass is 9.96. The van der Waals surface area contributed by atoms with E-state index >= 15 is 0 Å². The van der Waals surface area contributed by atoms with E-state index in [2.05, 4.69) is 9.98 Å². The van der Waals surface area contributed by atoms with Crippen LogP contribution in [0, 0.1) is 11.6 Å². The maximum Gasteiger partial charge on any atom is 0.196 e. The summed E-state index contributed by atoms with van der Waals surface area (Å²) in [7, 11) is 0. The molecule has 0 aliphatic carbocycles. The Balaban J connectivity index is 1.54. The highest BCUT2D eigenvalue weighted by molar-refractivity contribution is 6.02. The number of benzene rings is 2. The van der Waals surface area contributed by atoms with Gasteiger partial charge in [-0.2, -0.15) is 0 Å². The number of halogens is 2. The Morgan fingerprint density at radius 1 is 1.03 bits per heavy atom. The molecule has 6 heteroatoms. The molecular formula is C23H17F2N3O. The summed E-state index contributed by atoms with van der Waals surface area (Å²) >= 11 is 0. The topological polar surface area (TPSA) is 37.7 Å². The first kappa shape index (κ1) is 17.6. The van der Waals surface area contributed by atoms with Gasteiger partial charge in [-0.25, -0.2) is 8.78 Å². The van der Waals surface area contributed by atoms with Gasteiger partial charge in [0.25, 0.3) is 0 Å². The summed E-state index contributed by atoms with van der Waals surface area (Å²) in [4.78, 5) is 10.8. The van der Waals surface area contributed by atoms with Crippen molar-refractivity contribution in [2.24, 2.45) is 4.99 Å². The first-order valence-electron chi connectivity index (χ1n) is 9.33. The lowest BCUT2D eigenvalue weighted by Crippen LogP contribution is -2.35. The molecule has 0 saturated heterocycles. The zero-order chi connectivity index (χ0) is 19.8. The summed E-state index contributed by atoms with van der Waals surface area (Å²) in [5, 5.41) is 0. The molecule has 0 radical (unpaired) electrons. The molecule has 4 nitrogen and oxygen atoms in total. The Hall–Kier alpha value is -3.54. The van der Waals surface area contributed by atoms with Crippen molar-refractivity contribution in [3.05, 3.63) is 107 Å². The van der Waals surface area contributed by atoms with Gasteiger partial charge in [0, 0.05) is 18.3 Å². The van der Waals surface area contributed by atoms with Gasteiger partial charge in [0.05, 0.1) is 23.8 Å². The smallest absolute Gasteiger partial charge is 0.196 e. The Morgan fingerprint density at radius 2 is 1.90 bits per heavy atom. The number of ether oxygens (including phenoxy) is 1. The molecule has 2 aliphatic rings. The Morgan fingerprint density at radius 3 is 2.72 bits per heavy atom. The molecule has 0 bridgehead atoms. The van der Waals surface area contributed by atoms with Crippen molar-refractivity contribution in [1.82, 2.24) is 9.88 Å². The number of pyridine rings is 1. The van der Waals surface area contributed by atoms with Gasteiger partial charge in [0.2, 0.25) is 0 Å². The summed E-state index contributed by atoms with van der Waals surface area (Å²) in [6.07, 6.45) is 3.64. The minimum atomic E-state index is -0.646. The Kier molecular flexibility index (Phi) is 4.31. The minimum absolute atomic E-state index is 0.102. The molecule has 0 amide bonds. The number of hydrogen-bond acceptors (Lipinski definition) is 4. The second-order valence-electron chi connectivity index (χ2n) is 6.90. The normalized spacial score (nSPS) is 17.3. The summed E-state index contributed by atoms with van der Waals surface area (Å²) < 4.78 is 34.0. The molecule has 1 atom stereocenters. The van der Waals surface area contributed by atoms with Crippen molar-refractivity contribution in [3.8, 4) is 0 Å². The van der Waals surface area contributed by atoms with Crippen LogP contribution in [0.3, 0.4) is 0 Å². The molecular weight excluding hydrogens is 372 g/mol. The van der Waals surface area contributed by atoms with Crippen LogP contribution in [0.2, 0.25) is 0 Å². The van der Waals surface area contributed by atoms with Gasteiger partial charge in [0.1, 0.15) is 24.1 Å². The third-order valence-electron chi connectivity index (χ3n) is 5.09. The summed E-state index contributed by atoms with van der Waals surface area (Å²) in [5.74, 6) is -0.256. The van der Waals surface area contributed by atoms with E-state index in [0.717, 1.165) is 22.9 Å². The van der Waals surface area contributed by atoms with E-state index in [1.54, 1.807) is 6.20 Å². The molecule has 144 valence electrons. The zero-order valence-corrected chi connectivity index (χ0v) is 15.4. The van der Waals surface area contributed by atoms with Crippen LogP contribution in [-0.2, 0) is 11.3 Å². The predicted octanol–water partition coefficient (Wildman–Crippen LogP) is 4.69. The molecule has 3 aromatic rings. The second kappa shape index (κ2) is 7.13. The molecule has 3 heterocycles. The summed E-state index contributed by atoms with van der Waals surface area (Å²) in [5.41, 5.74) is 3.18. The third-order valence-corrected chi connectivity index (χ3v) is 5.09. The highest BCUT2D eigenvalue weighted by Crippen LogP contribution is 2.40. The maximum absolute atomic E-state index is 14.5. The molecule has 29 heavy (non-hydrogen) atoms. The number of fused-ring (bicyclic) bond motifs is 3. The average Bonchev–Trinajstić information content (AvgIpc) is 3.18. The van der Waals surface area contributed by atoms with Crippen LogP contribution < -0.4 is 0 Å². The minimum Gasteiger partial charge on any atom is -0.472 e. The van der Waals surface area contributed by atoms with E-state index in [1.165, 1.54) is 12.1 Å². The van der Waals surface area contributed by atoms with E-state index in [9.17, 15) is 8.78 Å². The van der Waals surface area contributed by atoms with Gasteiger partial charge in [-0.05, 0) is 35.4 Å². The van der Waals surface area contributed by atoms with E-state index in [-0.39, 0.29) is 18.2 Å². The first-order valence-corrected chi connectivity index (χ1v) is 9.33.